The van der Waals surface area contributed by atoms with Crippen molar-refractivity contribution < 1.29 is 4.74 Å². The quantitative estimate of drug-likeness (QED) is 0.896. The highest BCUT2D eigenvalue weighted by atomic mass is 35.5. The van der Waals surface area contributed by atoms with Crippen LogP contribution >= 0.6 is 23.4 Å². The van der Waals surface area contributed by atoms with Gasteiger partial charge in [-0.15, -0.1) is 0 Å². The molecule has 0 spiro atoms. The number of rotatable bonds is 3. The third kappa shape index (κ3) is 3.23. The first-order valence-electron chi connectivity index (χ1n) is 5.92. The standard InChI is InChI=1S/C13H18ClNOS/c1-9-12(4-3-7-17-9)15-10-5-6-13(16-2)11(14)8-10/h5-6,8-9,12,15H,3-4,7H2,1-2H3. The molecule has 4 heteroatoms. The number of benzene rings is 1. The zero-order valence-corrected chi connectivity index (χ0v) is 11.8. The molecule has 0 bridgehead atoms. The molecule has 1 heterocycles. The molecule has 1 aromatic rings. The Labute approximate surface area is 112 Å². The Bertz CT molecular complexity index is 386. The first-order valence-corrected chi connectivity index (χ1v) is 7.35. The number of halogens is 1. The molecule has 2 atom stereocenters. The van der Waals surface area contributed by atoms with Crippen molar-refractivity contribution in [2.45, 2.75) is 31.1 Å². The first-order chi connectivity index (χ1) is 8.20. The SMILES string of the molecule is COc1ccc(NC2CCCSC2C)cc1Cl. The van der Waals surface area contributed by atoms with Gasteiger partial charge in [0.1, 0.15) is 5.75 Å². The van der Waals surface area contributed by atoms with E-state index in [1.54, 1.807) is 7.11 Å². The summed E-state index contributed by atoms with van der Waals surface area (Å²) in [5.74, 6) is 2.01. The molecule has 1 aliphatic heterocycles. The highest BCUT2D eigenvalue weighted by Crippen LogP contribution is 2.31. The van der Waals surface area contributed by atoms with Crippen LogP contribution in [0, 0.1) is 0 Å². The van der Waals surface area contributed by atoms with Gasteiger partial charge < -0.3 is 10.1 Å². The highest BCUT2D eigenvalue weighted by Gasteiger charge is 2.21. The van der Waals surface area contributed by atoms with Crippen LogP contribution in [0.5, 0.6) is 5.75 Å². The smallest absolute Gasteiger partial charge is 0.137 e. The molecule has 2 rings (SSSR count). The van der Waals surface area contributed by atoms with Gasteiger partial charge in [0.05, 0.1) is 12.1 Å². The second-order valence-corrected chi connectivity index (χ2v) is 6.21. The van der Waals surface area contributed by atoms with Crippen LogP contribution < -0.4 is 10.1 Å². The van der Waals surface area contributed by atoms with Gasteiger partial charge in [0.15, 0.2) is 0 Å². The molecule has 1 N–H and O–H groups in total. The van der Waals surface area contributed by atoms with Crippen LogP contribution in [0.1, 0.15) is 19.8 Å². The molecule has 0 saturated carbocycles. The summed E-state index contributed by atoms with van der Waals surface area (Å²) >= 11 is 8.15. The lowest BCUT2D eigenvalue weighted by atomic mass is 10.1. The van der Waals surface area contributed by atoms with Gasteiger partial charge in [0.25, 0.3) is 0 Å². The number of thioether (sulfide) groups is 1. The maximum Gasteiger partial charge on any atom is 0.137 e. The first kappa shape index (κ1) is 12.9. The summed E-state index contributed by atoms with van der Waals surface area (Å²) in [7, 11) is 1.63. The molecule has 0 amide bonds. The van der Waals surface area contributed by atoms with Crippen LogP contribution in [0.2, 0.25) is 5.02 Å². The fraction of sp³-hybridized carbons (Fsp3) is 0.538. The molecule has 94 valence electrons. The molecular formula is C13H18ClNOS. The minimum atomic E-state index is 0.540. The molecule has 1 aliphatic rings. The van der Waals surface area contributed by atoms with E-state index in [4.69, 9.17) is 16.3 Å². The van der Waals surface area contributed by atoms with E-state index >= 15 is 0 Å². The van der Waals surface area contributed by atoms with Gasteiger partial charge >= 0.3 is 0 Å². The lowest BCUT2D eigenvalue weighted by molar-refractivity contribution is 0.415. The Balaban J connectivity index is 2.05. The van der Waals surface area contributed by atoms with E-state index < -0.39 is 0 Å². The maximum atomic E-state index is 6.11. The molecule has 1 saturated heterocycles. The summed E-state index contributed by atoms with van der Waals surface area (Å²) in [6, 6.07) is 6.41. The van der Waals surface area contributed by atoms with Gasteiger partial charge in [-0.25, -0.2) is 0 Å². The monoisotopic (exact) mass is 271 g/mol. The van der Waals surface area contributed by atoms with Crippen molar-refractivity contribution in [3.8, 4) is 5.75 Å². The number of hydrogen-bond acceptors (Lipinski definition) is 3. The van der Waals surface area contributed by atoms with E-state index in [0.29, 0.717) is 16.3 Å². The maximum absolute atomic E-state index is 6.11. The molecule has 2 nitrogen and oxygen atoms in total. The molecule has 2 unspecified atom stereocenters. The van der Waals surface area contributed by atoms with Crippen LogP contribution in [0.4, 0.5) is 5.69 Å². The normalized spacial score (nSPS) is 24.4. The summed E-state index contributed by atoms with van der Waals surface area (Å²) in [6.45, 7) is 2.28. The van der Waals surface area contributed by atoms with Crippen LogP contribution in [-0.2, 0) is 0 Å². The number of hydrogen-bond donors (Lipinski definition) is 1. The van der Waals surface area contributed by atoms with Crippen molar-refractivity contribution in [1.82, 2.24) is 0 Å². The second-order valence-electron chi connectivity index (χ2n) is 4.32. The van der Waals surface area contributed by atoms with Crippen molar-refractivity contribution in [2.75, 3.05) is 18.2 Å². The van der Waals surface area contributed by atoms with Gasteiger partial charge in [-0.1, -0.05) is 18.5 Å². The van der Waals surface area contributed by atoms with Gasteiger partial charge in [-0.05, 0) is 36.8 Å². The summed E-state index contributed by atoms with van der Waals surface area (Å²) in [6.07, 6.45) is 2.52. The summed E-state index contributed by atoms with van der Waals surface area (Å²) in [5, 5.41) is 4.88. The predicted molar refractivity (Wildman–Crippen MR) is 76.6 cm³/mol. The average Bonchev–Trinajstić information content (AvgIpc) is 2.32. The van der Waals surface area contributed by atoms with E-state index in [0.717, 1.165) is 11.4 Å². The Morgan fingerprint density at radius 3 is 2.94 bits per heavy atom. The fourth-order valence-corrected chi connectivity index (χ4v) is 3.48. The van der Waals surface area contributed by atoms with Crippen LogP contribution in [0.3, 0.4) is 0 Å². The lowest BCUT2D eigenvalue weighted by Gasteiger charge is -2.30. The van der Waals surface area contributed by atoms with Crippen molar-refractivity contribution in [3.05, 3.63) is 23.2 Å². The number of anilines is 1. The third-order valence-corrected chi connectivity index (χ3v) is 4.78. The average molecular weight is 272 g/mol. The Morgan fingerprint density at radius 1 is 1.47 bits per heavy atom. The number of methoxy groups -OCH3 is 1. The number of ether oxygens (including phenoxy) is 1. The largest absolute Gasteiger partial charge is 0.495 e. The molecular weight excluding hydrogens is 254 g/mol. The van der Waals surface area contributed by atoms with E-state index in [1.807, 2.05) is 30.0 Å². The van der Waals surface area contributed by atoms with Crippen molar-refractivity contribution in [3.63, 3.8) is 0 Å². The third-order valence-electron chi connectivity index (χ3n) is 3.11. The van der Waals surface area contributed by atoms with Gasteiger partial charge in [-0.3, -0.25) is 0 Å². The van der Waals surface area contributed by atoms with Crippen molar-refractivity contribution in [2.24, 2.45) is 0 Å². The summed E-state index contributed by atoms with van der Waals surface area (Å²) < 4.78 is 5.15. The molecule has 1 fully saturated rings. The van der Waals surface area contributed by atoms with Crippen LogP contribution in [-0.4, -0.2) is 24.2 Å². The minimum Gasteiger partial charge on any atom is -0.495 e. The van der Waals surface area contributed by atoms with Gasteiger partial charge in [0, 0.05) is 17.0 Å². The van der Waals surface area contributed by atoms with E-state index in [-0.39, 0.29) is 0 Å². The molecule has 0 radical (unpaired) electrons. The molecule has 0 aliphatic carbocycles. The Kier molecular flexibility index (Phi) is 4.46. The second kappa shape index (κ2) is 5.87. The lowest BCUT2D eigenvalue weighted by Crippen LogP contribution is -2.32. The molecule has 0 aromatic heterocycles. The van der Waals surface area contributed by atoms with E-state index in [9.17, 15) is 0 Å². The van der Waals surface area contributed by atoms with Crippen molar-refractivity contribution in [1.29, 1.82) is 0 Å². The molecule has 17 heavy (non-hydrogen) atoms. The topological polar surface area (TPSA) is 21.3 Å². The zero-order valence-electron chi connectivity index (χ0n) is 10.2. The van der Waals surface area contributed by atoms with Crippen LogP contribution in [0.25, 0.3) is 0 Å². The Hall–Kier alpha value is -0.540. The summed E-state index contributed by atoms with van der Waals surface area (Å²) in [5.41, 5.74) is 1.08. The zero-order chi connectivity index (χ0) is 12.3. The van der Waals surface area contributed by atoms with Gasteiger partial charge in [-0.2, -0.15) is 11.8 Å². The highest BCUT2D eigenvalue weighted by molar-refractivity contribution is 8.00. The van der Waals surface area contributed by atoms with Crippen LogP contribution in [0.15, 0.2) is 18.2 Å². The van der Waals surface area contributed by atoms with Gasteiger partial charge in [0.2, 0.25) is 0 Å². The van der Waals surface area contributed by atoms with E-state index in [1.165, 1.54) is 18.6 Å². The molecule has 1 aromatic carbocycles. The van der Waals surface area contributed by atoms with E-state index in [2.05, 4.69) is 12.2 Å². The predicted octanol–water partition coefficient (Wildman–Crippen LogP) is 4.04. The Morgan fingerprint density at radius 2 is 2.29 bits per heavy atom. The van der Waals surface area contributed by atoms with Crippen molar-refractivity contribution >= 4 is 29.1 Å². The number of nitrogens with one attached hydrogen (secondary N) is 1. The fourth-order valence-electron chi connectivity index (χ4n) is 2.08. The minimum absolute atomic E-state index is 0.540. The summed E-state index contributed by atoms with van der Waals surface area (Å²) in [4.78, 5) is 0.